The van der Waals surface area contributed by atoms with Gasteiger partial charge in [0, 0.05) is 0 Å². The molecule has 3 nitrogen and oxygen atoms in total. The van der Waals surface area contributed by atoms with E-state index < -0.39 is 10.1 Å². The number of hydrogen-bond acceptors (Lipinski definition) is 3. The standard InChI is InChI=1S/C11H14O3S/c1-4-10-6-5-7-11(8-10)15(12,13)14-9(2)3/h4-9H,1H2,2-3H3. The summed E-state index contributed by atoms with van der Waals surface area (Å²) in [5.74, 6) is 0. The molecule has 0 aromatic heterocycles. The van der Waals surface area contributed by atoms with Crippen molar-refractivity contribution in [3.63, 3.8) is 0 Å². The lowest BCUT2D eigenvalue weighted by Gasteiger charge is -2.08. The van der Waals surface area contributed by atoms with Gasteiger partial charge in [0.1, 0.15) is 0 Å². The van der Waals surface area contributed by atoms with E-state index in [1.807, 2.05) is 0 Å². The Morgan fingerprint density at radius 2 is 2.07 bits per heavy atom. The molecule has 0 bridgehead atoms. The van der Waals surface area contributed by atoms with Gasteiger partial charge < -0.3 is 0 Å². The summed E-state index contributed by atoms with van der Waals surface area (Å²) < 4.78 is 28.2. The Hall–Kier alpha value is -1.13. The van der Waals surface area contributed by atoms with Crippen molar-refractivity contribution in [2.45, 2.75) is 24.8 Å². The van der Waals surface area contributed by atoms with E-state index in [4.69, 9.17) is 4.18 Å². The third-order valence-electron chi connectivity index (χ3n) is 1.70. The molecule has 4 heteroatoms. The van der Waals surface area contributed by atoms with Gasteiger partial charge >= 0.3 is 0 Å². The molecular weight excluding hydrogens is 212 g/mol. The summed E-state index contributed by atoms with van der Waals surface area (Å²) in [5.41, 5.74) is 0.753. The van der Waals surface area contributed by atoms with E-state index in [-0.39, 0.29) is 11.0 Å². The molecule has 0 amide bonds. The van der Waals surface area contributed by atoms with Gasteiger partial charge in [0.25, 0.3) is 10.1 Å². The molecule has 82 valence electrons. The van der Waals surface area contributed by atoms with Gasteiger partial charge in [0.05, 0.1) is 11.0 Å². The molecule has 1 aromatic rings. The minimum atomic E-state index is -3.64. The van der Waals surface area contributed by atoms with E-state index in [0.29, 0.717) is 0 Å². The normalized spacial score (nSPS) is 11.7. The highest BCUT2D eigenvalue weighted by atomic mass is 32.2. The molecule has 0 unspecified atom stereocenters. The first-order chi connectivity index (χ1) is 6.95. The van der Waals surface area contributed by atoms with Crippen molar-refractivity contribution in [1.29, 1.82) is 0 Å². The fraction of sp³-hybridized carbons (Fsp3) is 0.273. The molecule has 15 heavy (non-hydrogen) atoms. The van der Waals surface area contributed by atoms with Crippen LogP contribution in [0.25, 0.3) is 6.08 Å². The van der Waals surface area contributed by atoms with Crippen LogP contribution in [-0.2, 0) is 14.3 Å². The van der Waals surface area contributed by atoms with Gasteiger partial charge in [-0.25, -0.2) is 0 Å². The maximum atomic E-state index is 11.7. The largest absolute Gasteiger partial charge is 0.297 e. The molecule has 0 aliphatic rings. The average Bonchev–Trinajstić information content (AvgIpc) is 2.16. The van der Waals surface area contributed by atoms with Crippen molar-refractivity contribution in [3.8, 4) is 0 Å². The summed E-state index contributed by atoms with van der Waals surface area (Å²) in [4.78, 5) is 0.161. The van der Waals surface area contributed by atoms with Crippen LogP contribution >= 0.6 is 0 Å². The third kappa shape index (κ3) is 3.18. The van der Waals surface area contributed by atoms with Crippen LogP contribution in [0.2, 0.25) is 0 Å². The molecular formula is C11H14O3S. The molecule has 0 saturated carbocycles. The molecule has 0 fully saturated rings. The Morgan fingerprint density at radius 3 is 2.60 bits per heavy atom. The van der Waals surface area contributed by atoms with Crippen molar-refractivity contribution < 1.29 is 12.6 Å². The summed E-state index contributed by atoms with van der Waals surface area (Å²) in [5, 5.41) is 0. The molecule has 0 saturated heterocycles. The predicted octanol–water partition coefficient (Wildman–Crippen LogP) is 2.44. The Morgan fingerprint density at radius 1 is 1.40 bits per heavy atom. The molecule has 0 aliphatic carbocycles. The van der Waals surface area contributed by atoms with Crippen LogP contribution < -0.4 is 0 Å². The van der Waals surface area contributed by atoms with E-state index in [2.05, 4.69) is 6.58 Å². The van der Waals surface area contributed by atoms with Crippen molar-refractivity contribution in [2.75, 3.05) is 0 Å². The van der Waals surface area contributed by atoms with E-state index in [1.165, 1.54) is 12.1 Å². The van der Waals surface area contributed by atoms with E-state index in [9.17, 15) is 8.42 Å². The maximum Gasteiger partial charge on any atom is 0.297 e. The Labute approximate surface area is 90.5 Å². The molecule has 0 heterocycles. The number of hydrogen-bond donors (Lipinski definition) is 0. The molecule has 1 aromatic carbocycles. The first-order valence-electron chi connectivity index (χ1n) is 4.61. The van der Waals surface area contributed by atoms with Crippen LogP contribution in [-0.4, -0.2) is 14.5 Å². The predicted molar refractivity (Wildman–Crippen MR) is 59.9 cm³/mol. The van der Waals surface area contributed by atoms with Gasteiger partial charge in [-0.3, -0.25) is 4.18 Å². The highest BCUT2D eigenvalue weighted by molar-refractivity contribution is 7.86. The second-order valence-corrected chi connectivity index (χ2v) is 4.95. The number of benzene rings is 1. The lowest BCUT2D eigenvalue weighted by Crippen LogP contribution is -2.12. The Balaban J connectivity index is 3.10. The summed E-state index contributed by atoms with van der Waals surface area (Å²) in [6.45, 7) is 6.93. The van der Waals surface area contributed by atoms with Gasteiger partial charge in [-0.05, 0) is 31.5 Å². The van der Waals surface area contributed by atoms with Crippen LogP contribution in [0, 0.1) is 0 Å². The van der Waals surface area contributed by atoms with E-state index in [0.717, 1.165) is 5.56 Å². The fourth-order valence-electron chi connectivity index (χ4n) is 1.11. The SMILES string of the molecule is C=Cc1cccc(S(=O)(=O)OC(C)C)c1. The minimum absolute atomic E-state index is 0.161. The number of rotatable bonds is 4. The van der Waals surface area contributed by atoms with Crippen LogP contribution in [0.1, 0.15) is 19.4 Å². The van der Waals surface area contributed by atoms with Gasteiger partial charge in [0.15, 0.2) is 0 Å². The Kier molecular flexibility index (Phi) is 3.66. The average molecular weight is 226 g/mol. The topological polar surface area (TPSA) is 43.4 Å². The maximum absolute atomic E-state index is 11.7. The van der Waals surface area contributed by atoms with Crippen LogP contribution in [0.15, 0.2) is 35.7 Å². The molecule has 0 radical (unpaired) electrons. The first-order valence-corrected chi connectivity index (χ1v) is 6.02. The minimum Gasteiger partial charge on any atom is -0.264 e. The summed E-state index contributed by atoms with van der Waals surface area (Å²) in [6, 6.07) is 6.48. The zero-order valence-electron chi connectivity index (χ0n) is 8.80. The fourth-order valence-corrected chi connectivity index (χ4v) is 2.25. The summed E-state index contributed by atoms with van der Waals surface area (Å²) >= 11 is 0. The molecule has 0 atom stereocenters. The van der Waals surface area contributed by atoms with Crippen LogP contribution in [0.4, 0.5) is 0 Å². The van der Waals surface area contributed by atoms with Crippen molar-refractivity contribution in [1.82, 2.24) is 0 Å². The first kappa shape index (κ1) is 11.9. The van der Waals surface area contributed by atoms with Crippen molar-refractivity contribution in [3.05, 3.63) is 36.4 Å². The lowest BCUT2D eigenvalue weighted by molar-refractivity contribution is 0.249. The van der Waals surface area contributed by atoms with Gasteiger partial charge in [0.2, 0.25) is 0 Å². The third-order valence-corrected chi connectivity index (χ3v) is 3.17. The molecule has 0 aliphatic heterocycles. The zero-order valence-corrected chi connectivity index (χ0v) is 9.62. The van der Waals surface area contributed by atoms with Crippen LogP contribution in [0.3, 0.4) is 0 Å². The van der Waals surface area contributed by atoms with E-state index in [1.54, 1.807) is 32.1 Å². The van der Waals surface area contributed by atoms with Crippen LogP contribution in [0.5, 0.6) is 0 Å². The monoisotopic (exact) mass is 226 g/mol. The molecule has 0 N–H and O–H groups in total. The smallest absolute Gasteiger partial charge is 0.264 e. The highest BCUT2D eigenvalue weighted by Gasteiger charge is 2.16. The second kappa shape index (κ2) is 4.59. The quantitative estimate of drug-likeness (QED) is 0.741. The van der Waals surface area contributed by atoms with Gasteiger partial charge in [-0.2, -0.15) is 8.42 Å². The zero-order chi connectivity index (χ0) is 11.5. The second-order valence-electron chi connectivity index (χ2n) is 3.38. The van der Waals surface area contributed by atoms with Gasteiger partial charge in [-0.1, -0.05) is 24.8 Å². The van der Waals surface area contributed by atoms with E-state index >= 15 is 0 Å². The van der Waals surface area contributed by atoms with Gasteiger partial charge in [-0.15, -0.1) is 0 Å². The molecule has 1 rings (SSSR count). The summed E-state index contributed by atoms with van der Waals surface area (Å²) in [7, 11) is -3.64. The highest BCUT2D eigenvalue weighted by Crippen LogP contribution is 2.16. The molecule has 0 spiro atoms. The van der Waals surface area contributed by atoms with Crippen molar-refractivity contribution >= 4 is 16.2 Å². The summed E-state index contributed by atoms with van der Waals surface area (Å²) in [6.07, 6.45) is 1.23. The van der Waals surface area contributed by atoms with Crippen molar-refractivity contribution in [2.24, 2.45) is 0 Å². The lowest BCUT2D eigenvalue weighted by atomic mass is 10.2. The Bertz CT molecular complexity index is 447.